The van der Waals surface area contributed by atoms with E-state index in [2.05, 4.69) is 10.3 Å². The molecule has 24 heavy (non-hydrogen) atoms. The Hall–Kier alpha value is -3.02. The minimum absolute atomic E-state index is 0.105. The summed E-state index contributed by atoms with van der Waals surface area (Å²) in [5.41, 5.74) is 2.63. The van der Waals surface area contributed by atoms with E-state index >= 15 is 0 Å². The third kappa shape index (κ3) is 3.65. The van der Waals surface area contributed by atoms with Crippen LogP contribution in [-0.4, -0.2) is 17.5 Å². The van der Waals surface area contributed by atoms with E-state index in [1.54, 1.807) is 18.2 Å². The molecule has 3 rings (SSSR count). The van der Waals surface area contributed by atoms with Crippen LogP contribution in [0.4, 0.5) is 5.69 Å². The number of hydrogen-bond donors (Lipinski definition) is 2. The van der Waals surface area contributed by atoms with Crippen molar-refractivity contribution >= 4 is 22.7 Å². The lowest BCUT2D eigenvalue weighted by Crippen LogP contribution is -2.12. The highest BCUT2D eigenvalue weighted by molar-refractivity contribution is 5.92. The zero-order chi connectivity index (χ0) is 16.9. The summed E-state index contributed by atoms with van der Waals surface area (Å²) in [4.78, 5) is 25.9. The Balaban J connectivity index is 1.63. The summed E-state index contributed by atoms with van der Waals surface area (Å²) in [5.74, 6) is 0.192. The number of aromatic amines is 1. The van der Waals surface area contributed by atoms with Crippen LogP contribution in [0.15, 0.2) is 51.7 Å². The number of carbonyl (C=O) groups is 1. The molecule has 2 aromatic carbocycles. The lowest BCUT2D eigenvalue weighted by molar-refractivity contribution is -0.116. The fourth-order valence-corrected chi connectivity index (χ4v) is 2.51. The predicted octanol–water partition coefficient (Wildman–Crippen LogP) is 3.09. The molecule has 0 aliphatic rings. The van der Waals surface area contributed by atoms with E-state index in [1.165, 1.54) is 0 Å². The minimum Gasteiger partial charge on any atom is -0.494 e. The molecule has 6 nitrogen and oxygen atoms in total. The van der Waals surface area contributed by atoms with Gasteiger partial charge in [-0.1, -0.05) is 18.2 Å². The third-order valence-corrected chi connectivity index (χ3v) is 3.60. The predicted molar refractivity (Wildman–Crippen MR) is 91.4 cm³/mol. The molecule has 0 aliphatic carbocycles. The van der Waals surface area contributed by atoms with Crippen LogP contribution in [0.25, 0.3) is 11.1 Å². The number of ether oxygens (including phenoxy) is 1. The van der Waals surface area contributed by atoms with Gasteiger partial charge in [0.1, 0.15) is 5.75 Å². The van der Waals surface area contributed by atoms with Crippen molar-refractivity contribution < 1.29 is 13.9 Å². The van der Waals surface area contributed by atoms with Crippen molar-refractivity contribution in [1.82, 2.24) is 4.98 Å². The number of aryl methyl sites for hydroxylation is 1. The van der Waals surface area contributed by atoms with Gasteiger partial charge >= 0.3 is 5.76 Å². The van der Waals surface area contributed by atoms with Gasteiger partial charge in [-0.25, -0.2) is 4.79 Å². The molecule has 1 heterocycles. The molecule has 0 spiro atoms. The Morgan fingerprint density at radius 3 is 2.92 bits per heavy atom. The van der Waals surface area contributed by atoms with Crippen LogP contribution in [0.5, 0.6) is 5.75 Å². The number of H-pyrrole nitrogens is 1. The summed E-state index contributed by atoms with van der Waals surface area (Å²) >= 11 is 0. The second-order valence-electron chi connectivity index (χ2n) is 5.31. The maximum absolute atomic E-state index is 12.1. The Labute approximate surface area is 138 Å². The van der Waals surface area contributed by atoms with Crippen LogP contribution in [0, 0.1) is 0 Å². The topological polar surface area (TPSA) is 84.3 Å². The average Bonchev–Trinajstić information content (AvgIpc) is 2.93. The first-order valence-electron chi connectivity index (χ1n) is 7.79. The van der Waals surface area contributed by atoms with Crippen LogP contribution < -0.4 is 15.8 Å². The molecule has 0 atom stereocenters. The molecule has 124 valence electrons. The Morgan fingerprint density at radius 2 is 2.08 bits per heavy atom. The molecule has 0 unspecified atom stereocenters. The standard InChI is InChI=1S/C18H18N2O4/c1-2-23-15-6-4-3-5-12(15)7-10-17(21)19-13-8-9-16-14(11-13)20-18(22)24-16/h3-6,8-9,11H,2,7,10H2,1H3,(H,19,21)(H,20,22). The van der Waals surface area contributed by atoms with Crippen molar-refractivity contribution in [3.05, 3.63) is 58.6 Å². The Morgan fingerprint density at radius 1 is 1.25 bits per heavy atom. The van der Waals surface area contributed by atoms with Gasteiger partial charge in [0.05, 0.1) is 12.1 Å². The van der Waals surface area contributed by atoms with Crippen molar-refractivity contribution in [2.45, 2.75) is 19.8 Å². The summed E-state index contributed by atoms with van der Waals surface area (Å²) in [6.07, 6.45) is 0.927. The number of aromatic nitrogens is 1. The lowest BCUT2D eigenvalue weighted by atomic mass is 10.1. The van der Waals surface area contributed by atoms with Crippen molar-refractivity contribution in [2.24, 2.45) is 0 Å². The molecular weight excluding hydrogens is 308 g/mol. The molecular formula is C18H18N2O4. The monoisotopic (exact) mass is 326 g/mol. The number of amides is 1. The van der Waals surface area contributed by atoms with Crippen molar-refractivity contribution in [1.29, 1.82) is 0 Å². The van der Waals surface area contributed by atoms with E-state index in [1.807, 2.05) is 31.2 Å². The fraction of sp³-hybridized carbons (Fsp3) is 0.222. The highest BCUT2D eigenvalue weighted by atomic mass is 16.5. The zero-order valence-electron chi connectivity index (χ0n) is 13.3. The quantitative estimate of drug-likeness (QED) is 0.729. The molecule has 0 radical (unpaired) electrons. The number of nitrogens with one attached hydrogen (secondary N) is 2. The molecule has 1 aromatic heterocycles. The number of oxazole rings is 1. The number of para-hydroxylation sites is 1. The molecule has 6 heteroatoms. The summed E-state index contributed by atoms with van der Waals surface area (Å²) in [5, 5.41) is 2.82. The van der Waals surface area contributed by atoms with Crippen LogP contribution in [-0.2, 0) is 11.2 Å². The van der Waals surface area contributed by atoms with Crippen molar-refractivity contribution in [2.75, 3.05) is 11.9 Å². The van der Waals surface area contributed by atoms with E-state index in [4.69, 9.17) is 9.15 Å². The van der Waals surface area contributed by atoms with E-state index < -0.39 is 5.76 Å². The average molecular weight is 326 g/mol. The van der Waals surface area contributed by atoms with E-state index in [0.717, 1.165) is 11.3 Å². The number of carbonyl (C=O) groups excluding carboxylic acids is 1. The van der Waals surface area contributed by atoms with Gasteiger partial charge in [0.25, 0.3) is 0 Å². The van der Waals surface area contributed by atoms with Gasteiger partial charge < -0.3 is 14.5 Å². The summed E-state index contributed by atoms with van der Waals surface area (Å²) in [6, 6.07) is 12.7. The van der Waals surface area contributed by atoms with Gasteiger partial charge in [0.2, 0.25) is 5.91 Å². The molecule has 0 saturated heterocycles. The third-order valence-electron chi connectivity index (χ3n) is 3.60. The number of rotatable bonds is 6. The smallest absolute Gasteiger partial charge is 0.417 e. The SMILES string of the molecule is CCOc1ccccc1CCC(=O)Nc1ccc2oc(=O)[nH]c2c1. The van der Waals surface area contributed by atoms with E-state index in [0.29, 0.717) is 36.2 Å². The number of benzene rings is 2. The maximum atomic E-state index is 12.1. The number of fused-ring (bicyclic) bond motifs is 1. The first-order valence-corrected chi connectivity index (χ1v) is 7.79. The van der Waals surface area contributed by atoms with Crippen LogP contribution in [0.2, 0.25) is 0 Å². The first-order chi connectivity index (χ1) is 11.7. The van der Waals surface area contributed by atoms with E-state index in [9.17, 15) is 9.59 Å². The van der Waals surface area contributed by atoms with Crippen molar-refractivity contribution in [3.63, 3.8) is 0 Å². The van der Waals surface area contributed by atoms with Crippen molar-refractivity contribution in [3.8, 4) is 5.75 Å². The van der Waals surface area contributed by atoms with Crippen LogP contribution >= 0.6 is 0 Å². The maximum Gasteiger partial charge on any atom is 0.417 e. The lowest BCUT2D eigenvalue weighted by Gasteiger charge is -2.10. The second-order valence-corrected chi connectivity index (χ2v) is 5.31. The van der Waals surface area contributed by atoms with Gasteiger partial charge in [0.15, 0.2) is 5.58 Å². The molecule has 2 N–H and O–H groups in total. The highest BCUT2D eigenvalue weighted by Crippen LogP contribution is 2.20. The molecule has 0 aliphatic heterocycles. The molecule has 3 aromatic rings. The number of hydrogen-bond acceptors (Lipinski definition) is 4. The zero-order valence-corrected chi connectivity index (χ0v) is 13.3. The van der Waals surface area contributed by atoms with Crippen LogP contribution in [0.3, 0.4) is 0 Å². The van der Waals surface area contributed by atoms with Gasteiger partial charge in [-0.05, 0) is 43.2 Å². The summed E-state index contributed by atoms with van der Waals surface area (Å²) < 4.78 is 10.5. The normalized spacial score (nSPS) is 10.7. The first kappa shape index (κ1) is 15.9. The van der Waals surface area contributed by atoms with Gasteiger partial charge in [-0.15, -0.1) is 0 Å². The van der Waals surface area contributed by atoms with Gasteiger partial charge in [0, 0.05) is 12.1 Å². The molecule has 0 fully saturated rings. The van der Waals surface area contributed by atoms with Gasteiger partial charge in [-0.2, -0.15) is 0 Å². The largest absolute Gasteiger partial charge is 0.494 e. The van der Waals surface area contributed by atoms with E-state index in [-0.39, 0.29) is 5.91 Å². The second kappa shape index (κ2) is 7.04. The van der Waals surface area contributed by atoms with Crippen LogP contribution in [0.1, 0.15) is 18.9 Å². The molecule has 1 amide bonds. The number of anilines is 1. The summed E-state index contributed by atoms with van der Waals surface area (Å²) in [6.45, 7) is 2.52. The molecule has 0 saturated carbocycles. The Bertz CT molecular complexity index is 911. The van der Waals surface area contributed by atoms with Gasteiger partial charge in [-0.3, -0.25) is 9.78 Å². The molecule has 0 bridgehead atoms. The highest BCUT2D eigenvalue weighted by Gasteiger charge is 2.08. The summed E-state index contributed by atoms with van der Waals surface area (Å²) in [7, 11) is 0. The minimum atomic E-state index is -0.513. The Kier molecular flexibility index (Phi) is 4.65. The fourth-order valence-electron chi connectivity index (χ4n) is 2.51.